The minimum atomic E-state index is -0.546. The number of aromatic nitrogens is 2. The van der Waals surface area contributed by atoms with Crippen LogP contribution in [0.3, 0.4) is 0 Å². The number of hydrogen-bond donors (Lipinski definition) is 2. The number of rotatable bonds is 4. The topological polar surface area (TPSA) is 64.1 Å². The van der Waals surface area contributed by atoms with E-state index in [2.05, 4.69) is 5.10 Å². The zero-order valence-corrected chi connectivity index (χ0v) is 9.87. The van der Waals surface area contributed by atoms with Gasteiger partial charge in [-0.3, -0.25) is 4.68 Å². The van der Waals surface area contributed by atoms with E-state index in [1.165, 1.54) is 0 Å². The molecule has 2 aromatic rings. The summed E-state index contributed by atoms with van der Waals surface area (Å²) in [6.45, 7) is 0.465. The van der Waals surface area contributed by atoms with Crippen molar-refractivity contribution < 1.29 is 5.11 Å². The highest BCUT2D eigenvalue weighted by atomic mass is 16.3. The van der Waals surface area contributed by atoms with E-state index in [4.69, 9.17) is 5.73 Å². The van der Waals surface area contributed by atoms with Crippen molar-refractivity contribution in [2.75, 3.05) is 6.54 Å². The van der Waals surface area contributed by atoms with Gasteiger partial charge in [0.05, 0.1) is 17.5 Å². The molecule has 0 fully saturated rings. The molecular formula is C13H17N3O. The zero-order chi connectivity index (χ0) is 12.3. The smallest absolute Gasteiger partial charge is 0.0968 e. The summed E-state index contributed by atoms with van der Waals surface area (Å²) in [5.74, 6) is 0. The molecule has 0 amide bonds. The number of nitrogens with two attached hydrogens (primary N) is 1. The molecule has 1 atom stereocenters. The van der Waals surface area contributed by atoms with Crippen LogP contribution in [0, 0.1) is 0 Å². The molecule has 1 aromatic carbocycles. The predicted molar refractivity (Wildman–Crippen MR) is 67.3 cm³/mol. The van der Waals surface area contributed by atoms with Gasteiger partial charge in [0.1, 0.15) is 0 Å². The molecule has 3 N–H and O–H groups in total. The molecule has 0 spiro atoms. The average Bonchev–Trinajstić information content (AvgIpc) is 2.73. The first kappa shape index (κ1) is 11.8. The second-order valence-corrected chi connectivity index (χ2v) is 4.04. The number of aliphatic hydroxyl groups excluding tert-OH is 1. The first-order chi connectivity index (χ1) is 8.22. The third-order valence-corrected chi connectivity index (χ3v) is 2.77. The lowest BCUT2D eigenvalue weighted by Crippen LogP contribution is -2.10. The third kappa shape index (κ3) is 2.54. The monoisotopic (exact) mass is 231 g/mol. The quantitative estimate of drug-likeness (QED) is 0.837. The van der Waals surface area contributed by atoms with Gasteiger partial charge in [-0.15, -0.1) is 0 Å². The van der Waals surface area contributed by atoms with Crippen molar-refractivity contribution in [3.05, 3.63) is 42.1 Å². The van der Waals surface area contributed by atoms with Crippen LogP contribution in [0.1, 0.15) is 18.2 Å². The summed E-state index contributed by atoms with van der Waals surface area (Å²) >= 11 is 0. The number of benzene rings is 1. The van der Waals surface area contributed by atoms with Gasteiger partial charge in [0.25, 0.3) is 0 Å². The molecule has 0 saturated heterocycles. The molecular weight excluding hydrogens is 214 g/mol. The van der Waals surface area contributed by atoms with E-state index in [0.717, 1.165) is 17.0 Å². The van der Waals surface area contributed by atoms with E-state index in [1.54, 1.807) is 4.68 Å². The maximum atomic E-state index is 9.92. The lowest BCUT2D eigenvalue weighted by Gasteiger charge is -2.08. The van der Waals surface area contributed by atoms with Crippen LogP contribution in [0.25, 0.3) is 11.3 Å². The van der Waals surface area contributed by atoms with Gasteiger partial charge in [0, 0.05) is 12.6 Å². The van der Waals surface area contributed by atoms with Crippen molar-refractivity contribution >= 4 is 0 Å². The Balaban J connectivity index is 2.31. The maximum Gasteiger partial charge on any atom is 0.0968 e. The van der Waals surface area contributed by atoms with Crippen LogP contribution in [-0.2, 0) is 7.05 Å². The number of hydrogen-bond acceptors (Lipinski definition) is 3. The predicted octanol–water partition coefficient (Wildman–Crippen LogP) is 1.47. The lowest BCUT2D eigenvalue weighted by atomic mass is 10.1. The Kier molecular flexibility index (Phi) is 3.56. The molecule has 0 aliphatic heterocycles. The minimum Gasteiger partial charge on any atom is -0.387 e. The van der Waals surface area contributed by atoms with Crippen LogP contribution in [0.5, 0.6) is 0 Å². The Hall–Kier alpha value is -1.65. The molecule has 4 heteroatoms. The highest BCUT2D eigenvalue weighted by Gasteiger charge is 2.13. The molecule has 2 rings (SSSR count). The molecule has 1 heterocycles. The zero-order valence-electron chi connectivity index (χ0n) is 9.87. The summed E-state index contributed by atoms with van der Waals surface area (Å²) in [6, 6.07) is 11.8. The molecule has 0 aliphatic rings. The summed E-state index contributed by atoms with van der Waals surface area (Å²) in [6.07, 6.45) is 0.00304. The highest BCUT2D eigenvalue weighted by Crippen LogP contribution is 2.23. The highest BCUT2D eigenvalue weighted by molar-refractivity contribution is 5.59. The molecule has 90 valence electrons. The van der Waals surface area contributed by atoms with E-state index in [0.29, 0.717) is 13.0 Å². The Morgan fingerprint density at radius 2 is 2.06 bits per heavy atom. The van der Waals surface area contributed by atoms with Crippen LogP contribution in [0.15, 0.2) is 36.4 Å². The second-order valence-electron chi connectivity index (χ2n) is 4.04. The Labute approximate surface area is 101 Å². The number of nitrogens with zero attached hydrogens (tertiary/aromatic N) is 2. The third-order valence-electron chi connectivity index (χ3n) is 2.77. The standard InChI is InChI=1S/C13H17N3O/c1-16-12(13(17)7-8-14)9-11(15-16)10-5-3-2-4-6-10/h2-6,9,13,17H,7-8,14H2,1H3/t13-/m1/s1. The number of aryl methyl sites for hydroxylation is 1. The fraction of sp³-hybridized carbons (Fsp3) is 0.308. The molecule has 0 radical (unpaired) electrons. The number of aliphatic hydroxyl groups is 1. The Bertz CT molecular complexity index is 479. The van der Waals surface area contributed by atoms with Crippen LogP contribution in [0.2, 0.25) is 0 Å². The van der Waals surface area contributed by atoms with Gasteiger partial charge in [-0.1, -0.05) is 30.3 Å². The van der Waals surface area contributed by atoms with E-state index >= 15 is 0 Å². The van der Waals surface area contributed by atoms with Crippen LogP contribution >= 0.6 is 0 Å². The van der Waals surface area contributed by atoms with E-state index < -0.39 is 6.10 Å². The van der Waals surface area contributed by atoms with Gasteiger partial charge in [0.15, 0.2) is 0 Å². The molecule has 17 heavy (non-hydrogen) atoms. The minimum absolute atomic E-state index is 0.465. The summed E-state index contributed by atoms with van der Waals surface area (Å²) in [7, 11) is 1.83. The summed E-state index contributed by atoms with van der Waals surface area (Å²) in [5.41, 5.74) is 8.17. The summed E-state index contributed by atoms with van der Waals surface area (Å²) in [5, 5.41) is 14.3. The first-order valence-electron chi connectivity index (χ1n) is 5.70. The first-order valence-corrected chi connectivity index (χ1v) is 5.70. The summed E-state index contributed by atoms with van der Waals surface area (Å²) < 4.78 is 1.71. The Morgan fingerprint density at radius 1 is 1.35 bits per heavy atom. The van der Waals surface area contributed by atoms with E-state index in [-0.39, 0.29) is 0 Å². The van der Waals surface area contributed by atoms with Gasteiger partial charge in [0.2, 0.25) is 0 Å². The van der Waals surface area contributed by atoms with Crippen molar-refractivity contribution in [1.82, 2.24) is 9.78 Å². The SMILES string of the molecule is Cn1nc(-c2ccccc2)cc1[C@H](O)CCN. The molecule has 0 unspecified atom stereocenters. The van der Waals surface area contributed by atoms with Crippen molar-refractivity contribution in [2.24, 2.45) is 12.8 Å². The fourth-order valence-corrected chi connectivity index (χ4v) is 1.85. The fourth-order valence-electron chi connectivity index (χ4n) is 1.85. The second kappa shape index (κ2) is 5.12. The van der Waals surface area contributed by atoms with E-state index in [9.17, 15) is 5.11 Å². The largest absolute Gasteiger partial charge is 0.387 e. The van der Waals surface area contributed by atoms with Crippen molar-refractivity contribution in [3.63, 3.8) is 0 Å². The van der Waals surface area contributed by atoms with Crippen LogP contribution < -0.4 is 5.73 Å². The van der Waals surface area contributed by atoms with Crippen LogP contribution in [0.4, 0.5) is 0 Å². The van der Waals surface area contributed by atoms with Gasteiger partial charge < -0.3 is 10.8 Å². The Morgan fingerprint density at radius 3 is 2.71 bits per heavy atom. The van der Waals surface area contributed by atoms with Crippen LogP contribution in [-0.4, -0.2) is 21.4 Å². The lowest BCUT2D eigenvalue weighted by molar-refractivity contribution is 0.160. The van der Waals surface area contributed by atoms with Crippen molar-refractivity contribution in [1.29, 1.82) is 0 Å². The van der Waals surface area contributed by atoms with E-state index in [1.807, 2.05) is 43.4 Å². The molecule has 1 aromatic heterocycles. The van der Waals surface area contributed by atoms with Gasteiger partial charge in [-0.25, -0.2) is 0 Å². The summed E-state index contributed by atoms with van der Waals surface area (Å²) in [4.78, 5) is 0. The molecule has 0 bridgehead atoms. The molecule has 0 aliphatic carbocycles. The normalized spacial score (nSPS) is 12.6. The van der Waals surface area contributed by atoms with Gasteiger partial charge >= 0.3 is 0 Å². The van der Waals surface area contributed by atoms with Crippen molar-refractivity contribution in [3.8, 4) is 11.3 Å². The van der Waals surface area contributed by atoms with Gasteiger partial charge in [-0.2, -0.15) is 5.10 Å². The maximum absolute atomic E-state index is 9.92. The van der Waals surface area contributed by atoms with Gasteiger partial charge in [-0.05, 0) is 19.0 Å². The van der Waals surface area contributed by atoms with Crippen molar-refractivity contribution in [2.45, 2.75) is 12.5 Å². The molecule has 0 saturated carbocycles. The molecule has 4 nitrogen and oxygen atoms in total. The average molecular weight is 231 g/mol.